The molecule has 0 spiro atoms. The van der Waals surface area contributed by atoms with E-state index in [-0.39, 0.29) is 18.9 Å². The Morgan fingerprint density at radius 1 is 0.645 bits per heavy atom. The second kappa shape index (κ2) is 11.1. The second-order valence-corrected chi connectivity index (χ2v) is 11.0. The first kappa shape index (κ1) is 23.7. The summed E-state index contributed by atoms with van der Waals surface area (Å²) in [7, 11) is 0. The van der Waals surface area contributed by atoms with Crippen molar-refractivity contribution in [2.45, 2.75) is 12.5 Å². The van der Waals surface area contributed by atoms with E-state index in [4.69, 9.17) is 11.6 Å². The predicted molar refractivity (Wildman–Crippen MR) is 130 cm³/mol. The molecule has 0 N–H and O–H groups in total. The molecule has 0 heterocycles. The third kappa shape index (κ3) is 5.27. The molecule has 0 radical (unpaired) electrons. The first-order valence-electron chi connectivity index (χ1n) is 10.0. The third-order valence-electron chi connectivity index (χ3n) is 5.33. The van der Waals surface area contributed by atoms with Crippen LogP contribution < -0.4 is 39.9 Å². The Bertz CT molecular complexity index is 1030. The average Bonchev–Trinajstić information content (AvgIpc) is 2.82. The summed E-state index contributed by atoms with van der Waals surface area (Å²) in [6.07, 6.45) is -0.397. The zero-order valence-electron chi connectivity index (χ0n) is 17.6. The third-order valence-corrected chi connectivity index (χ3v) is 9.67. The van der Waals surface area contributed by atoms with E-state index < -0.39 is 13.0 Å². The van der Waals surface area contributed by atoms with Crippen LogP contribution in [0.4, 0.5) is 0 Å². The van der Waals surface area contributed by atoms with Gasteiger partial charge in [-0.25, -0.2) is 0 Å². The molecule has 4 heteroatoms. The molecule has 0 saturated carbocycles. The fraction of sp³-hybridized carbons (Fsp3) is 0.0741. The van der Waals surface area contributed by atoms with Gasteiger partial charge >= 0.3 is 18.9 Å². The summed E-state index contributed by atoms with van der Waals surface area (Å²) in [6.45, 7) is -2.09. The van der Waals surface area contributed by atoms with E-state index in [2.05, 4.69) is 78.6 Å². The molecule has 1 unspecified atom stereocenters. The Morgan fingerprint density at radius 3 is 1.42 bits per heavy atom. The average molecular weight is 437 g/mol. The second-order valence-electron chi connectivity index (χ2n) is 7.19. The summed E-state index contributed by atoms with van der Waals surface area (Å²) < 4.78 is 0. The van der Waals surface area contributed by atoms with E-state index in [0.29, 0.717) is 11.4 Å². The van der Waals surface area contributed by atoms with E-state index in [1.54, 1.807) is 12.1 Å². The van der Waals surface area contributed by atoms with Gasteiger partial charge in [-0.15, -0.1) is 0 Å². The van der Waals surface area contributed by atoms with Crippen LogP contribution in [0.2, 0.25) is 5.02 Å². The van der Waals surface area contributed by atoms with Crippen LogP contribution in [0.3, 0.4) is 0 Å². The van der Waals surface area contributed by atoms with Gasteiger partial charge in [0.15, 0.2) is 0 Å². The minimum Gasteiger partial charge on any atom is -0.848 e. The monoisotopic (exact) mass is 436 g/mol. The molecule has 4 rings (SSSR count). The largest absolute Gasteiger partial charge is 1.00 e. The number of halogens is 1. The Morgan fingerprint density at radius 2 is 1.03 bits per heavy atom. The summed E-state index contributed by atoms with van der Waals surface area (Å²) in [5.74, 6) is 2.29. The molecule has 1 atom stereocenters. The van der Waals surface area contributed by atoms with Crippen LogP contribution in [0, 0.1) is 0 Å². The van der Waals surface area contributed by atoms with E-state index in [0.717, 1.165) is 5.56 Å². The molecule has 4 aromatic rings. The minimum atomic E-state index is -2.09. The van der Waals surface area contributed by atoms with Crippen molar-refractivity contribution in [3.63, 3.8) is 0 Å². The first-order chi connectivity index (χ1) is 14.7. The molecule has 0 fully saturated rings. The van der Waals surface area contributed by atoms with E-state index >= 15 is 0 Å². The Kier molecular flexibility index (Phi) is 8.45. The van der Waals surface area contributed by atoms with Gasteiger partial charge in [-0.2, -0.15) is 0 Å². The number of hydrogen-bond acceptors (Lipinski definition) is 1. The van der Waals surface area contributed by atoms with Crippen LogP contribution in [0.1, 0.15) is 18.1 Å². The van der Waals surface area contributed by atoms with Crippen molar-refractivity contribution in [1.29, 1.82) is 0 Å². The Labute approximate surface area is 201 Å². The molecule has 150 valence electrons. The quantitative estimate of drug-likeness (QED) is 0.335. The van der Waals surface area contributed by atoms with Crippen molar-refractivity contribution in [3.05, 3.63) is 126 Å². The summed E-state index contributed by atoms with van der Waals surface area (Å²) in [5.41, 5.74) is 0.767. The van der Waals surface area contributed by atoms with E-state index in [9.17, 15) is 5.11 Å². The number of hydrogen-bond donors (Lipinski definition) is 0. The zero-order valence-corrected chi connectivity index (χ0v) is 19.2. The molecule has 0 saturated heterocycles. The van der Waals surface area contributed by atoms with Crippen molar-refractivity contribution in [3.8, 4) is 0 Å². The van der Waals surface area contributed by atoms with Crippen molar-refractivity contribution in [1.82, 2.24) is 0 Å². The predicted octanol–water partition coefficient (Wildman–Crippen LogP) is 1.93. The normalized spacial score (nSPS) is 11.9. The molecule has 0 amide bonds. The molecule has 31 heavy (non-hydrogen) atoms. The molecule has 0 aliphatic rings. The smallest absolute Gasteiger partial charge is 0.848 e. The Hall–Kier alpha value is -1.97. The minimum absolute atomic E-state index is 0. The van der Waals surface area contributed by atoms with Crippen LogP contribution in [0.25, 0.3) is 0 Å². The van der Waals surface area contributed by atoms with Gasteiger partial charge in [0.2, 0.25) is 0 Å². The van der Waals surface area contributed by atoms with E-state index in [1.165, 1.54) is 15.9 Å². The fourth-order valence-corrected chi connectivity index (χ4v) is 7.91. The maximum atomic E-state index is 13.1. The van der Waals surface area contributed by atoms with Crippen molar-refractivity contribution in [2.24, 2.45) is 0 Å². The van der Waals surface area contributed by atoms with Gasteiger partial charge in [-0.1, -0.05) is 132 Å². The van der Waals surface area contributed by atoms with Crippen LogP contribution >= 0.6 is 18.5 Å². The fourth-order valence-electron chi connectivity index (χ4n) is 3.82. The van der Waals surface area contributed by atoms with Crippen molar-refractivity contribution >= 4 is 40.2 Å². The molecule has 0 aliphatic heterocycles. The maximum Gasteiger partial charge on any atom is 1.00 e. The molecule has 0 aliphatic carbocycles. The van der Waals surface area contributed by atoms with Gasteiger partial charge in [0, 0.05) is 5.02 Å². The van der Waals surface area contributed by atoms with Gasteiger partial charge in [-0.3, -0.25) is 0 Å². The summed E-state index contributed by atoms with van der Waals surface area (Å²) >= 11 is 6.00. The van der Waals surface area contributed by atoms with Gasteiger partial charge in [0.1, 0.15) is 0 Å². The zero-order chi connectivity index (χ0) is 20.8. The van der Waals surface area contributed by atoms with Gasteiger partial charge in [-0.05, 0) is 41.4 Å². The van der Waals surface area contributed by atoms with Gasteiger partial charge < -0.3 is 5.11 Å². The SMILES string of the molecule is [Li+].[O-]C(CC=P(c1ccccc1)(c1ccccc1)c1ccccc1)c1ccc(Cl)cc1. The topological polar surface area (TPSA) is 23.1 Å². The summed E-state index contributed by atoms with van der Waals surface area (Å²) in [5, 5.41) is 17.5. The number of benzene rings is 4. The van der Waals surface area contributed by atoms with Gasteiger partial charge in [0.25, 0.3) is 0 Å². The van der Waals surface area contributed by atoms with Crippen LogP contribution in [0.5, 0.6) is 0 Å². The molecule has 4 aromatic carbocycles. The van der Waals surface area contributed by atoms with E-state index in [1.807, 2.05) is 30.3 Å². The van der Waals surface area contributed by atoms with Gasteiger partial charge in [0.05, 0.1) is 0 Å². The summed E-state index contributed by atoms with van der Waals surface area (Å²) in [4.78, 5) is 0. The van der Waals surface area contributed by atoms with Crippen molar-refractivity contribution < 1.29 is 24.0 Å². The first-order valence-corrected chi connectivity index (χ1v) is 12.2. The standard InChI is InChI=1S/C27H23ClOP.Li/c28-23-18-16-22(17-19-23)27(29)20-21-30(24-10-4-1-5-11-24,25-12-6-2-7-13-25)26-14-8-3-9-15-26;/h1-19,21,27H,20H2;/q-1;+1. The molecule has 0 bridgehead atoms. The molecule has 1 nitrogen and oxygen atoms in total. The molecular formula is C27H23ClLiOP. The Balaban J connectivity index is 0.00000272. The van der Waals surface area contributed by atoms with Crippen LogP contribution in [-0.2, 0) is 0 Å². The van der Waals surface area contributed by atoms with Crippen LogP contribution in [-0.4, -0.2) is 5.80 Å². The number of rotatable bonds is 6. The maximum absolute atomic E-state index is 13.1. The molecular weight excluding hydrogens is 414 g/mol. The molecule has 0 aromatic heterocycles. The summed E-state index contributed by atoms with van der Waals surface area (Å²) in [6, 6.07) is 39.0. The van der Waals surface area contributed by atoms with Crippen molar-refractivity contribution in [2.75, 3.05) is 0 Å². The van der Waals surface area contributed by atoms with Crippen LogP contribution in [0.15, 0.2) is 115 Å².